The molecule has 54 valence electrons. The van der Waals surface area contributed by atoms with Crippen LogP contribution < -0.4 is 11.0 Å². The van der Waals surface area contributed by atoms with Crippen LogP contribution in [-0.2, 0) is 0 Å². The number of benzene rings is 1. The minimum Gasteiger partial charge on any atom is -0.399 e. The quantitative estimate of drug-likeness (QED) is 0.506. The Morgan fingerprint density at radius 3 is 2.40 bits per heavy atom. The van der Waals surface area contributed by atoms with Crippen molar-refractivity contribution >= 4 is 19.6 Å². The van der Waals surface area contributed by atoms with E-state index in [9.17, 15) is 0 Å². The van der Waals surface area contributed by atoms with Crippen molar-refractivity contribution in [2.24, 2.45) is 0 Å². The average Bonchev–Trinajstić information content (AvgIpc) is 1.95. The number of rotatable bonds is 2. The van der Waals surface area contributed by atoms with Crippen LogP contribution in [0.15, 0.2) is 24.3 Å². The van der Waals surface area contributed by atoms with Gasteiger partial charge in [-0.2, -0.15) is 0 Å². The van der Waals surface area contributed by atoms with E-state index in [0.29, 0.717) is 0 Å². The molecule has 1 aromatic carbocycles. The van der Waals surface area contributed by atoms with Crippen molar-refractivity contribution in [2.75, 3.05) is 11.9 Å². The van der Waals surface area contributed by atoms with Gasteiger partial charge in [-0.05, 0) is 23.6 Å². The van der Waals surface area contributed by atoms with Crippen LogP contribution in [0.1, 0.15) is 6.92 Å². The first kappa shape index (κ1) is 7.56. The molecule has 0 saturated heterocycles. The number of nitrogens with two attached hydrogens (primary N) is 1. The van der Waals surface area contributed by atoms with E-state index in [0.717, 1.165) is 14.3 Å². The second-order valence-corrected chi connectivity index (χ2v) is 3.79. The summed E-state index contributed by atoms with van der Waals surface area (Å²) in [4.78, 5) is 0. The highest BCUT2D eigenvalue weighted by atomic mass is 31.1. The summed E-state index contributed by atoms with van der Waals surface area (Å²) in [6.07, 6.45) is 1.23. The second kappa shape index (κ2) is 3.58. The van der Waals surface area contributed by atoms with E-state index >= 15 is 0 Å². The fraction of sp³-hybridized carbons (Fsp3) is 0.250. The molecular formula is C8H12NP. The van der Waals surface area contributed by atoms with Gasteiger partial charge < -0.3 is 5.73 Å². The van der Waals surface area contributed by atoms with E-state index in [1.807, 2.05) is 12.1 Å². The molecule has 1 rings (SSSR count). The maximum absolute atomic E-state index is 5.53. The second-order valence-electron chi connectivity index (χ2n) is 2.15. The monoisotopic (exact) mass is 153 g/mol. The highest BCUT2D eigenvalue weighted by Gasteiger charge is 1.88. The summed E-state index contributed by atoms with van der Waals surface area (Å²) < 4.78 is 0. The molecule has 0 amide bonds. The van der Waals surface area contributed by atoms with Crippen molar-refractivity contribution in [2.45, 2.75) is 6.92 Å². The molecule has 0 saturated carbocycles. The van der Waals surface area contributed by atoms with Gasteiger partial charge in [0.05, 0.1) is 0 Å². The van der Waals surface area contributed by atoms with Crippen LogP contribution in [0.3, 0.4) is 0 Å². The molecule has 1 atom stereocenters. The molecule has 0 bridgehead atoms. The van der Waals surface area contributed by atoms with Crippen LogP contribution in [-0.4, -0.2) is 6.16 Å². The van der Waals surface area contributed by atoms with Crippen molar-refractivity contribution in [1.29, 1.82) is 0 Å². The normalized spacial score (nSPS) is 10.9. The standard InChI is InChI=1S/C8H12NP/c1-2-10-8-5-3-7(9)4-6-8/h3-6,10H,2,9H2,1H3. The largest absolute Gasteiger partial charge is 0.399 e. The SMILES string of the molecule is CCPc1ccc(N)cc1. The molecule has 2 N–H and O–H groups in total. The predicted molar refractivity (Wildman–Crippen MR) is 49.3 cm³/mol. The van der Waals surface area contributed by atoms with Crippen molar-refractivity contribution in [3.63, 3.8) is 0 Å². The third-order valence-corrected chi connectivity index (χ3v) is 2.39. The number of hydrogen-bond donors (Lipinski definition) is 1. The lowest BCUT2D eigenvalue weighted by Gasteiger charge is -1.97. The van der Waals surface area contributed by atoms with E-state index in [2.05, 4.69) is 19.1 Å². The van der Waals surface area contributed by atoms with Crippen molar-refractivity contribution in [3.8, 4) is 0 Å². The van der Waals surface area contributed by atoms with Gasteiger partial charge in [0.25, 0.3) is 0 Å². The maximum atomic E-state index is 5.53. The van der Waals surface area contributed by atoms with Crippen molar-refractivity contribution in [1.82, 2.24) is 0 Å². The Bertz CT molecular complexity index is 193. The molecule has 2 heteroatoms. The van der Waals surface area contributed by atoms with Crippen LogP contribution in [0.2, 0.25) is 0 Å². The molecule has 0 heterocycles. The minimum absolute atomic E-state index is 0.852. The van der Waals surface area contributed by atoms with Crippen LogP contribution in [0, 0.1) is 0 Å². The Balaban J connectivity index is 2.69. The molecule has 1 nitrogen and oxygen atoms in total. The summed E-state index contributed by atoms with van der Waals surface area (Å²) in [5.74, 6) is 0. The lowest BCUT2D eigenvalue weighted by Crippen LogP contribution is -1.94. The zero-order valence-corrected chi connectivity index (χ0v) is 7.09. The zero-order valence-electron chi connectivity index (χ0n) is 6.09. The fourth-order valence-corrected chi connectivity index (χ4v) is 1.62. The van der Waals surface area contributed by atoms with Crippen molar-refractivity contribution < 1.29 is 0 Å². The number of anilines is 1. The summed E-state index contributed by atoms with van der Waals surface area (Å²) in [7, 11) is 0.928. The maximum Gasteiger partial charge on any atom is 0.0314 e. The molecule has 10 heavy (non-hydrogen) atoms. The van der Waals surface area contributed by atoms with Crippen LogP contribution in [0.25, 0.3) is 0 Å². The summed E-state index contributed by atoms with van der Waals surface area (Å²) >= 11 is 0. The van der Waals surface area contributed by atoms with Gasteiger partial charge in [0, 0.05) is 5.69 Å². The van der Waals surface area contributed by atoms with Gasteiger partial charge in [0.2, 0.25) is 0 Å². The summed E-state index contributed by atoms with van der Waals surface area (Å²) in [5.41, 5.74) is 6.38. The van der Waals surface area contributed by atoms with Gasteiger partial charge in [0.1, 0.15) is 0 Å². The van der Waals surface area contributed by atoms with E-state index in [1.54, 1.807) is 0 Å². The van der Waals surface area contributed by atoms with Gasteiger partial charge in [-0.3, -0.25) is 0 Å². The molecule has 0 spiro atoms. The van der Waals surface area contributed by atoms with E-state index in [-0.39, 0.29) is 0 Å². The zero-order chi connectivity index (χ0) is 7.40. The molecular weight excluding hydrogens is 141 g/mol. The molecule has 0 aromatic heterocycles. The van der Waals surface area contributed by atoms with E-state index in [4.69, 9.17) is 5.73 Å². The lowest BCUT2D eigenvalue weighted by molar-refractivity contribution is 1.52. The average molecular weight is 153 g/mol. The van der Waals surface area contributed by atoms with Crippen LogP contribution in [0.4, 0.5) is 5.69 Å². The van der Waals surface area contributed by atoms with Gasteiger partial charge in [-0.15, -0.1) is 0 Å². The van der Waals surface area contributed by atoms with Gasteiger partial charge in [0.15, 0.2) is 0 Å². The summed E-state index contributed by atoms with van der Waals surface area (Å²) in [5, 5.41) is 1.40. The van der Waals surface area contributed by atoms with Crippen LogP contribution in [0.5, 0.6) is 0 Å². The van der Waals surface area contributed by atoms with Crippen molar-refractivity contribution in [3.05, 3.63) is 24.3 Å². The van der Waals surface area contributed by atoms with Gasteiger partial charge in [-0.25, -0.2) is 0 Å². The first-order valence-corrected chi connectivity index (χ1v) is 4.63. The third-order valence-electron chi connectivity index (χ3n) is 1.29. The Morgan fingerprint density at radius 2 is 1.90 bits per heavy atom. The molecule has 0 radical (unpaired) electrons. The Hall–Kier alpha value is -0.550. The minimum atomic E-state index is 0.852. The van der Waals surface area contributed by atoms with Crippen LogP contribution >= 0.6 is 8.58 Å². The summed E-state index contributed by atoms with van der Waals surface area (Å²) in [6.45, 7) is 2.19. The molecule has 0 fully saturated rings. The fourth-order valence-electron chi connectivity index (χ4n) is 0.805. The smallest absolute Gasteiger partial charge is 0.0314 e. The molecule has 1 unspecified atom stereocenters. The summed E-state index contributed by atoms with van der Waals surface area (Å²) in [6, 6.07) is 8.10. The predicted octanol–water partition coefficient (Wildman–Crippen LogP) is 1.59. The Kier molecular flexibility index (Phi) is 2.70. The van der Waals surface area contributed by atoms with Gasteiger partial charge in [-0.1, -0.05) is 27.6 Å². The number of hydrogen-bond acceptors (Lipinski definition) is 1. The topological polar surface area (TPSA) is 26.0 Å². The first-order chi connectivity index (χ1) is 4.83. The Morgan fingerprint density at radius 1 is 1.30 bits per heavy atom. The lowest BCUT2D eigenvalue weighted by atomic mass is 10.3. The molecule has 0 aliphatic rings. The molecule has 1 aromatic rings. The van der Waals surface area contributed by atoms with Gasteiger partial charge >= 0.3 is 0 Å². The first-order valence-electron chi connectivity index (χ1n) is 3.42. The van der Waals surface area contributed by atoms with E-state index in [1.165, 1.54) is 11.5 Å². The highest BCUT2D eigenvalue weighted by molar-refractivity contribution is 7.47. The number of nitrogen functional groups attached to an aromatic ring is 1. The van der Waals surface area contributed by atoms with E-state index < -0.39 is 0 Å². The third kappa shape index (κ3) is 2.00. The molecule has 0 aliphatic carbocycles. The molecule has 0 aliphatic heterocycles. The highest BCUT2D eigenvalue weighted by Crippen LogP contribution is 2.09. The Labute approximate surface area is 63.4 Å².